The monoisotopic (exact) mass is 235 g/mol. The van der Waals surface area contributed by atoms with Crippen molar-refractivity contribution in [1.29, 1.82) is 0 Å². The van der Waals surface area contributed by atoms with Crippen LogP contribution in [0.5, 0.6) is 0 Å². The summed E-state index contributed by atoms with van der Waals surface area (Å²) in [5.74, 6) is -6.01. The summed E-state index contributed by atoms with van der Waals surface area (Å²) in [4.78, 5) is 17.6. The topological polar surface area (TPSA) is 80.3 Å². The van der Waals surface area contributed by atoms with Crippen molar-refractivity contribution in [1.82, 2.24) is 0 Å². The Hall–Kier alpha value is -1.31. The van der Waals surface area contributed by atoms with Crippen molar-refractivity contribution in [2.75, 3.05) is 0 Å². The summed E-state index contributed by atoms with van der Waals surface area (Å²) in [5, 5.41) is 17.6. The minimum Gasteiger partial charge on any atom is -0.542 e. The maximum atomic E-state index is 10.5. The van der Waals surface area contributed by atoms with Crippen LogP contribution < -0.4 is 10.2 Å². The zero-order chi connectivity index (χ0) is 12.2. The van der Waals surface area contributed by atoms with Gasteiger partial charge in [-0.05, 0) is 0 Å². The fourth-order valence-corrected chi connectivity index (χ4v) is 0. The molecule has 0 heterocycles. The van der Waals surface area contributed by atoms with E-state index in [0.29, 0.717) is 0 Å². The van der Waals surface area contributed by atoms with E-state index in [1.54, 1.807) is 0 Å². The minimum absolute atomic E-state index is 0. The molecule has 4 nitrogen and oxygen atoms in total. The number of hydrogen-bond donors (Lipinski definition) is 0. The van der Waals surface area contributed by atoms with Gasteiger partial charge in [-0.15, -0.1) is 0 Å². The summed E-state index contributed by atoms with van der Waals surface area (Å²) in [7, 11) is 0. The van der Waals surface area contributed by atoms with E-state index in [0.717, 1.165) is 0 Å². The van der Waals surface area contributed by atoms with Crippen LogP contribution in [0.4, 0.5) is 26.3 Å². The van der Waals surface area contributed by atoms with Gasteiger partial charge in [0.1, 0.15) is 11.9 Å². The Bertz CT molecular complexity index is 196. The number of rotatable bonds is 0. The number of halogens is 6. The van der Waals surface area contributed by atoms with Crippen LogP contribution in [0.25, 0.3) is 0 Å². The number of carboxylic acids is 2. The standard InChI is InChI=1S/2C2HF3O2.Be/c2*3-2(4,5)1(6)7;/h2*(H,6,7);/q;;+2/p-2. The molecule has 0 saturated carbocycles. The maximum absolute atomic E-state index is 10.5. The van der Waals surface area contributed by atoms with Gasteiger partial charge in [0.05, 0.1) is 0 Å². The SMILES string of the molecule is O=C([O-])C(F)(F)F.O=C([O-])C(F)(F)F.[Be+2]. The summed E-state index contributed by atoms with van der Waals surface area (Å²) in [6.45, 7) is 0. The van der Waals surface area contributed by atoms with Crippen LogP contribution in [-0.2, 0) is 9.59 Å². The molecule has 0 amide bonds. The molecule has 0 bridgehead atoms. The van der Waals surface area contributed by atoms with Crippen molar-refractivity contribution in [2.45, 2.75) is 12.4 Å². The predicted octanol–water partition coefficient (Wildman–Crippen LogP) is -1.78. The Morgan fingerprint density at radius 1 is 0.733 bits per heavy atom. The van der Waals surface area contributed by atoms with Gasteiger partial charge in [0.15, 0.2) is 0 Å². The maximum Gasteiger partial charge on any atom is 2.00 e. The number of carbonyl (C=O) groups is 2. The van der Waals surface area contributed by atoms with Crippen LogP contribution in [-0.4, -0.2) is 34.4 Å². The Balaban J connectivity index is -0.000000180. The van der Waals surface area contributed by atoms with E-state index < -0.39 is 24.3 Å². The van der Waals surface area contributed by atoms with Crippen LogP contribution in [0, 0.1) is 0 Å². The molecule has 0 spiro atoms. The van der Waals surface area contributed by atoms with Gasteiger partial charge in [-0.1, -0.05) is 0 Å². The van der Waals surface area contributed by atoms with Gasteiger partial charge in [-0.2, -0.15) is 26.3 Å². The molecular formula is C4BeF6O4. The molecule has 0 aromatic carbocycles. The molecule has 0 aromatic rings. The fraction of sp³-hybridized carbons (Fsp3) is 0.500. The van der Waals surface area contributed by atoms with Crippen LogP contribution in [0.2, 0.25) is 0 Å². The third-order valence-electron chi connectivity index (χ3n) is 0.463. The molecule has 11 heteroatoms. The van der Waals surface area contributed by atoms with Crippen molar-refractivity contribution in [3.63, 3.8) is 0 Å². The summed E-state index contributed by atoms with van der Waals surface area (Å²) in [6, 6.07) is 0. The Labute approximate surface area is 81.7 Å². The van der Waals surface area contributed by atoms with E-state index >= 15 is 0 Å². The Morgan fingerprint density at radius 2 is 0.800 bits per heavy atom. The summed E-state index contributed by atoms with van der Waals surface area (Å²) < 4.78 is 63.1. The van der Waals surface area contributed by atoms with Crippen molar-refractivity contribution in [2.24, 2.45) is 0 Å². The molecule has 0 N–H and O–H groups in total. The number of carbonyl (C=O) groups excluding carboxylic acids is 2. The second kappa shape index (κ2) is 6.22. The van der Waals surface area contributed by atoms with Gasteiger partial charge in [0, 0.05) is 0 Å². The molecular weight excluding hydrogens is 235 g/mol. The van der Waals surface area contributed by atoms with E-state index in [2.05, 4.69) is 0 Å². The molecule has 0 atom stereocenters. The van der Waals surface area contributed by atoms with Crippen LogP contribution >= 0.6 is 0 Å². The molecule has 0 aliphatic rings. The smallest absolute Gasteiger partial charge is 0.542 e. The van der Waals surface area contributed by atoms with Crippen molar-refractivity contribution in [3.8, 4) is 0 Å². The van der Waals surface area contributed by atoms with Crippen LogP contribution in [0.15, 0.2) is 0 Å². The number of aliphatic carboxylic acids is 2. The Morgan fingerprint density at radius 3 is 0.800 bits per heavy atom. The molecule has 0 aliphatic heterocycles. The van der Waals surface area contributed by atoms with Gasteiger partial charge in [-0.3, -0.25) is 0 Å². The van der Waals surface area contributed by atoms with E-state index in [9.17, 15) is 26.3 Å². The average molecular weight is 235 g/mol. The van der Waals surface area contributed by atoms with Gasteiger partial charge in [0.25, 0.3) is 0 Å². The van der Waals surface area contributed by atoms with Crippen molar-refractivity contribution >= 4 is 22.1 Å². The largest absolute Gasteiger partial charge is 2.00 e. The normalized spacial score (nSPS) is 10.5. The molecule has 0 saturated heterocycles. The first-order valence-electron chi connectivity index (χ1n) is 2.45. The first-order valence-corrected chi connectivity index (χ1v) is 2.45. The molecule has 0 unspecified atom stereocenters. The fourth-order valence-electron chi connectivity index (χ4n) is 0. The van der Waals surface area contributed by atoms with E-state index in [4.69, 9.17) is 19.8 Å². The third kappa shape index (κ3) is 12.7. The molecule has 0 radical (unpaired) electrons. The van der Waals surface area contributed by atoms with E-state index in [1.165, 1.54) is 0 Å². The Kier molecular flexibility index (Phi) is 8.01. The summed E-state index contributed by atoms with van der Waals surface area (Å²) in [6.07, 6.45) is -10.4. The first-order chi connectivity index (χ1) is 5.89. The second-order valence-electron chi connectivity index (χ2n) is 1.57. The molecule has 0 rings (SSSR count). The zero-order valence-electron chi connectivity index (χ0n) is 6.61. The van der Waals surface area contributed by atoms with Crippen molar-refractivity contribution < 1.29 is 46.1 Å². The minimum atomic E-state index is -5.19. The van der Waals surface area contributed by atoms with E-state index in [1.807, 2.05) is 0 Å². The molecule has 15 heavy (non-hydrogen) atoms. The number of hydrogen-bond acceptors (Lipinski definition) is 4. The van der Waals surface area contributed by atoms with Crippen LogP contribution in [0.1, 0.15) is 0 Å². The molecule has 0 fully saturated rings. The van der Waals surface area contributed by atoms with Crippen LogP contribution in [0.3, 0.4) is 0 Å². The van der Waals surface area contributed by atoms with Crippen molar-refractivity contribution in [3.05, 3.63) is 0 Å². The van der Waals surface area contributed by atoms with E-state index in [-0.39, 0.29) is 10.1 Å². The van der Waals surface area contributed by atoms with Gasteiger partial charge >= 0.3 is 22.5 Å². The molecule has 0 aromatic heterocycles. The molecule has 84 valence electrons. The predicted molar refractivity (Wildman–Crippen MR) is 27.9 cm³/mol. The second-order valence-corrected chi connectivity index (χ2v) is 1.57. The summed E-state index contributed by atoms with van der Waals surface area (Å²) in [5.41, 5.74) is 0. The van der Waals surface area contributed by atoms with Gasteiger partial charge in [0.2, 0.25) is 0 Å². The average Bonchev–Trinajstić information content (AvgIpc) is 1.83. The third-order valence-corrected chi connectivity index (χ3v) is 0.463. The number of carboxylic acid groups (broad SMARTS) is 2. The quantitative estimate of drug-likeness (QED) is 0.367. The zero-order valence-corrected chi connectivity index (χ0v) is 6.61. The van der Waals surface area contributed by atoms with Gasteiger partial charge < -0.3 is 19.8 Å². The first kappa shape index (κ1) is 19.3. The van der Waals surface area contributed by atoms with Gasteiger partial charge in [-0.25, -0.2) is 0 Å². The number of alkyl halides is 6. The summed E-state index contributed by atoms with van der Waals surface area (Å²) >= 11 is 0. The molecule has 0 aliphatic carbocycles.